The van der Waals surface area contributed by atoms with E-state index in [4.69, 9.17) is 0 Å². The maximum atomic E-state index is 0. The summed E-state index contributed by atoms with van der Waals surface area (Å²) in [4.78, 5) is 0. The zero-order valence-electron chi connectivity index (χ0n) is 3.51. The van der Waals surface area contributed by atoms with E-state index in [0.29, 0.717) is 0 Å². The van der Waals surface area contributed by atoms with E-state index in [9.17, 15) is 0 Å². The Morgan fingerprint density at radius 1 is 1.25 bits per heavy atom. The molecule has 0 N–H and O–H groups in total. The fraction of sp³-hybridized carbons (Fsp3) is 0. The molecule has 0 bridgehead atoms. The maximum absolute atomic E-state index is 0. The third-order valence-electron chi connectivity index (χ3n) is 0. The van der Waals surface area contributed by atoms with Crippen LogP contribution >= 0.6 is 0 Å². The first-order chi connectivity index (χ1) is 0. The quantitative estimate of drug-likeness (QED) is 0.392. The molecular weight excluding hydrogens is 163 g/mol. The molecule has 0 spiro atoms. The third kappa shape index (κ3) is 8.82. The average Bonchev–Trinajstić information content (AvgIpc) is 0. The molecule has 0 saturated heterocycles. The Balaban J connectivity index is 0. The maximum Gasteiger partial charge on any atom is 2.00 e. The summed E-state index contributed by atoms with van der Waals surface area (Å²) in [5.41, 5.74) is 0. The van der Waals surface area contributed by atoms with E-state index < -0.39 is 0 Å². The van der Waals surface area contributed by atoms with E-state index in [1.807, 2.05) is 0 Å². The van der Waals surface area contributed by atoms with Crippen LogP contribution in [0.4, 0.5) is 0 Å². The van der Waals surface area contributed by atoms with Crippen LogP contribution < -0.4 is 0 Å². The molecule has 0 amide bonds. The van der Waals surface area contributed by atoms with Crippen LogP contribution in [-0.4, -0.2) is 40.4 Å². The molecule has 0 aromatic rings. The van der Waals surface area contributed by atoms with Crippen LogP contribution in [0, 0.1) is 0 Å². The Labute approximate surface area is 81.1 Å². The summed E-state index contributed by atoms with van der Waals surface area (Å²) in [7, 11) is 0. The van der Waals surface area contributed by atoms with Crippen LogP contribution in [0.1, 0.15) is 2.85 Å². The Hall–Kier alpha value is 2.53. The van der Waals surface area contributed by atoms with Gasteiger partial charge < -0.3 is 2.85 Å². The predicted molar refractivity (Wildman–Crippen MR) is 17.9 cm³/mol. The molecule has 0 aliphatic rings. The first-order valence-corrected chi connectivity index (χ1v) is 0. The second-order valence-corrected chi connectivity index (χ2v) is 0. The van der Waals surface area contributed by atoms with Crippen LogP contribution in [0.5, 0.6) is 0 Å². The van der Waals surface area contributed by atoms with Crippen LogP contribution in [0.3, 0.4) is 0 Å². The minimum atomic E-state index is 0. The molecule has 0 nitrogen and oxygen atoms in total. The predicted octanol–water partition coefficient (Wildman–Crippen LogP) is -1.34. The van der Waals surface area contributed by atoms with Gasteiger partial charge in [-0.2, -0.15) is 0 Å². The summed E-state index contributed by atoms with van der Waals surface area (Å²) >= 11 is 0. The van der Waals surface area contributed by atoms with Crippen molar-refractivity contribution in [3.05, 3.63) is 0 Å². The summed E-state index contributed by atoms with van der Waals surface area (Å²) in [6.45, 7) is 0. The summed E-state index contributed by atoms with van der Waals surface area (Å²) in [5.74, 6) is 0. The van der Waals surface area contributed by atoms with Crippen molar-refractivity contribution in [1.82, 2.24) is 0 Å². The minimum Gasteiger partial charge on any atom is -1.00 e. The van der Waals surface area contributed by atoms with Gasteiger partial charge >= 0.3 is 23.1 Å². The van der Waals surface area contributed by atoms with Gasteiger partial charge in [0.25, 0.3) is 0 Å². The molecule has 0 fully saturated rings. The first-order valence-electron chi connectivity index (χ1n) is 0. The van der Waals surface area contributed by atoms with Gasteiger partial charge in [-0.25, -0.2) is 0 Å². The van der Waals surface area contributed by atoms with Crippen LogP contribution in [0.2, 0.25) is 0 Å². The summed E-state index contributed by atoms with van der Waals surface area (Å²) in [5, 5.41) is 0. The van der Waals surface area contributed by atoms with Crippen LogP contribution in [-0.2, 0) is 38.8 Å². The Bertz CT molecular complexity index is 13.5. The van der Waals surface area contributed by atoms with Gasteiger partial charge in [0.15, 0.2) is 17.4 Å². The van der Waals surface area contributed by atoms with Crippen molar-refractivity contribution in [3.8, 4) is 0 Å². The molecular formula is H5AlCuMgTi. The van der Waals surface area contributed by atoms with Gasteiger partial charge in [0.2, 0.25) is 0 Å². The van der Waals surface area contributed by atoms with Gasteiger partial charge in [-0.05, 0) is 0 Å². The minimum absolute atomic E-state index is 0. The number of rotatable bonds is 0. The molecule has 0 aliphatic heterocycles. The van der Waals surface area contributed by atoms with Crippen molar-refractivity contribution in [3.63, 3.8) is 0 Å². The largest absolute Gasteiger partial charge is 2.00 e. The topological polar surface area (TPSA) is 0 Å². The number of hydrogen-bond donors (Lipinski definition) is 0. The second-order valence-electron chi connectivity index (χ2n) is 0. The van der Waals surface area contributed by atoms with E-state index in [2.05, 4.69) is 0 Å². The SMILES string of the molecule is [AlH3].[Cu].[H-].[H-].[Mg+2].[Ti]. The Kier molecular flexibility index (Phi) is 138. The monoisotopic (exact) mass is 167 g/mol. The average molecular weight is 168 g/mol. The number of hydrogen-bond acceptors (Lipinski definition) is 0. The van der Waals surface area contributed by atoms with Crippen LogP contribution in [0.15, 0.2) is 0 Å². The normalized spacial score (nSPS) is 0. The van der Waals surface area contributed by atoms with E-state index in [1.165, 1.54) is 0 Å². The van der Waals surface area contributed by atoms with E-state index in [1.54, 1.807) is 0 Å². The van der Waals surface area contributed by atoms with Gasteiger partial charge in [-0.15, -0.1) is 0 Å². The van der Waals surface area contributed by atoms with Crippen LogP contribution in [0.25, 0.3) is 0 Å². The molecule has 0 aromatic carbocycles. The molecule has 0 saturated carbocycles. The molecule has 0 aliphatic carbocycles. The van der Waals surface area contributed by atoms with Gasteiger partial charge in [-0.3, -0.25) is 0 Å². The third-order valence-corrected chi connectivity index (χ3v) is 0. The smallest absolute Gasteiger partial charge is 1.00 e. The molecule has 1 radical (unpaired) electrons. The first kappa shape index (κ1) is 31.2. The van der Waals surface area contributed by atoms with E-state index >= 15 is 0 Å². The van der Waals surface area contributed by atoms with Crippen molar-refractivity contribution in [2.24, 2.45) is 0 Å². The Morgan fingerprint density at radius 3 is 1.25 bits per heavy atom. The zero-order chi connectivity index (χ0) is 0. The van der Waals surface area contributed by atoms with Gasteiger partial charge in [-0.1, -0.05) is 0 Å². The summed E-state index contributed by atoms with van der Waals surface area (Å²) < 4.78 is 0. The summed E-state index contributed by atoms with van der Waals surface area (Å²) in [6.07, 6.45) is 0. The van der Waals surface area contributed by atoms with Gasteiger partial charge in [0, 0.05) is 38.8 Å². The van der Waals surface area contributed by atoms with Crippen molar-refractivity contribution < 1.29 is 41.6 Å². The molecule has 4 heteroatoms. The summed E-state index contributed by atoms with van der Waals surface area (Å²) in [6, 6.07) is 0. The van der Waals surface area contributed by atoms with Gasteiger partial charge in [0.05, 0.1) is 0 Å². The molecule has 0 rings (SSSR count). The molecule has 0 aromatic heterocycles. The Morgan fingerprint density at radius 2 is 1.25 bits per heavy atom. The molecule has 0 heterocycles. The van der Waals surface area contributed by atoms with Crippen molar-refractivity contribution in [2.75, 3.05) is 0 Å². The van der Waals surface area contributed by atoms with E-state index in [-0.39, 0.29) is 82.1 Å². The standard InChI is InChI=1S/Al.Cu.Mg.Ti.5H/q;;+2;;;;;2*-1. The fourth-order valence-corrected chi connectivity index (χ4v) is 0. The molecule has 0 atom stereocenters. The molecule has 25 valence electrons. The van der Waals surface area contributed by atoms with Crippen molar-refractivity contribution >= 4 is 40.4 Å². The van der Waals surface area contributed by atoms with Crippen molar-refractivity contribution in [1.29, 1.82) is 0 Å². The van der Waals surface area contributed by atoms with Gasteiger partial charge in [0.1, 0.15) is 0 Å². The fourth-order valence-electron chi connectivity index (χ4n) is 0. The second kappa shape index (κ2) is 17.7. The molecule has 4 heavy (non-hydrogen) atoms. The van der Waals surface area contributed by atoms with E-state index in [0.717, 1.165) is 0 Å². The molecule has 0 unspecified atom stereocenters. The zero-order valence-corrected chi connectivity index (χ0v) is 5.43. The van der Waals surface area contributed by atoms with Crippen molar-refractivity contribution in [2.45, 2.75) is 0 Å².